The first-order chi connectivity index (χ1) is 6.85. The summed E-state index contributed by atoms with van der Waals surface area (Å²) in [7, 11) is 0. The molecule has 0 saturated carbocycles. The van der Waals surface area contributed by atoms with Crippen LogP contribution >= 0.6 is 0 Å². The predicted molar refractivity (Wildman–Crippen MR) is 53.9 cm³/mol. The molecule has 0 aliphatic heterocycles. The minimum absolute atomic E-state index is 0.640. The van der Waals surface area contributed by atoms with Gasteiger partial charge in [-0.3, -0.25) is 0 Å². The highest BCUT2D eigenvalue weighted by molar-refractivity contribution is 5.64. The van der Waals surface area contributed by atoms with Crippen LogP contribution < -0.4 is 0 Å². The van der Waals surface area contributed by atoms with E-state index in [9.17, 15) is 0 Å². The summed E-state index contributed by atoms with van der Waals surface area (Å²) >= 11 is 0. The summed E-state index contributed by atoms with van der Waals surface area (Å²) in [5.41, 5.74) is 3.34. The van der Waals surface area contributed by atoms with Gasteiger partial charge in [0, 0.05) is 12.4 Å². The first kappa shape index (κ1) is 8.99. The maximum absolute atomic E-state index is 4.43. The van der Waals surface area contributed by atoms with E-state index >= 15 is 0 Å². The van der Waals surface area contributed by atoms with Crippen molar-refractivity contribution in [2.45, 2.75) is 26.7 Å². The molecule has 2 heterocycles. The summed E-state index contributed by atoms with van der Waals surface area (Å²) in [5.74, 6) is 0. The molecule has 0 N–H and O–H groups in total. The maximum atomic E-state index is 4.43. The van der Waals surface area contributed by atoms with Gasteiger partial charge >= 0.3 is 0 Å². The van der Waals surface area contributed by atoms with E-state index < -0.39 is 0 Å². The van der Waals surface area contributed by atoms with Crippen molar-refractivity contribution >= 4 is 11.3 Å². The summed E-state index contributed by atoms with van der Waals surface area (Å²) in [6.45, 7) is 4.15. The van der Waals surface area contributed by atoms with E-state index in [0.29, 0.717) is 11.3 Å². The van der Waals surface area contributed by atoms with E-state index in [2.05, 4.69) is 33.8 Å². The van der Waals surface area contributed by atoms with Crippen LogP contribution in [0.3, 0.4) is 0 Å². The average Bonchev–Trinajstić information content (AvgIpc) is 2.27. The van der Waals surface area contributed by atoms with Crippen molar-refractivity contribution in [3.05, 3.63) is 23.8 Å². The summed E-state index contributed by atoms with van der Waals surface area (Å²) < 4.78 is 0. The van der Waals surface area contributed by atoms with Crippen molar-refractivity contribution in [2.24, 2.45) is 0 Å². The lowest BCUT2D eigenvalue weighted by Crippen LogP contribution is -2.02. The van der Waals surface area contributed by atoms with Gasteiger partial charge in [-0.2, -0.15) is 0 Å². The van der Waals surface area contributed by atoms with E-state index in [-0.39, 0.29) is 0 Å². The molecule has 0 aliphatic rings. The van der Waals surface area contributed by atoms with E-state index in [1.807, 2.05) is 0 Å². The molecule has 72 valence electrons. The highest BCUT2D eigenvalue weighted by Crippen LogP contribution is 2.09. The molecule has 0 fully saturated rings. The molecule has 4 heteroatoms. The van der Waals surface area contributed by atoms with Crippen molar-refractivity contribution in [3.8, 4) is 0 Å². The second-order valence-electron chi connectivity index (χ2n) is 3.03. The Balaban J connectivity index is 2.69. The van der Waals surface area contributed by atoms with Crippen molar-refractivity contribution in [1.82, 2.24) is 19.9 Å². The summed E-state index contributed by atoms with van der Waals surface area (Å²) in [4.78, 5) is 17.1. The number of hydrogen-bond donors (Lipinski definition) is 0. The topological polar surface area (TPSA) is 51.6 Å². The molecule has 2 aromatic rings. The lowest BCUT2D eigenvalue weighted by Gasteiger charge is -2.04. The quantitative estimate of drug-likeness (QED) is 0.717. The van der Waals surface area contributed by atoms with Gasteiger partial charge in [0.05, 0.1) is 11.4 Å². The van der Waals surface area contributed by atoms with Gasteiger partial charge in [-0.1, -0.05) is 13.8 Å². The normalized spacial score (nSPS) is 10.7. The number of aryl methyl sites for hydroxylation is 2. The number of aromatic nitrogens is 4. The Kier molecular flexibility index (Phi) is 2.35. The zero-order valence-corrected chi connectivity index (χ0v) is 8.36. The molecule has 0 aromatic carbocycles. The molecule has 2 rings (SSSR count). The Morgan fingerprint density at radius 2 is 1.29 bits per heavy atom. The van der Waals surface area contributed by atoms with E-state index in [1.165, 1.54) is 0 Å². The second-order valence-corrected chi connectivity index (χ2v) is 3.03. The number of nitrogens with zero attached hydrogens (tertiary/aromatic N) is 4. The van der Waals surface area contributed by atoms with Crippen LogP contribution in [-0.4, -0.2) is 19.9 Å². The molecule has 0 amide bonds. The van der Waals surface area contributed by atoms with Gasteiger partial charge in [0.2, 0.25) is 0 Å². The number of hydrogen-bond acceptors (Lipinski definition) is 4. The third kappa shape index (κ3) is 1.43. The SMILES string of the molecule is CCc1nc2nccnc2nc1CC. The molecule has 0 unspecified atom stereocenters. The molecule has 4 nitrogen and oxygen atoms in total. The fourth-order valence-electron chi connectivity index (χ4n) is 1.43. The molecule has 0 radical (unpaired) electrons. The monoisotopic (exact) mass is 188 g/mol. The van der Waals surface area contributed by atoms with E-state index in [4.69, 9.17) is 0 Å². The maximum Gasteiger partial charge on any atom is 0.198 e. The van der Waals surface area contributed by atoms with Crippen molar-refractivity contribution in [3.63, 3.8) is 0 Å². The highest BCUT2D eigenvalue weighted by Gasteiger charge is 2.06. The average molecular weight is 188 g/mol. The van der Waals surface area contributed by atoms with Crippen molar-refractivity contribution in [1.29, 1.82) is 0 Å². The fourth-order valence-corrected chi connectivity index (χ4v) is 1.43. The van der Waals surface area contributed by atoms with Gasteiger partial charge < -0.3 is 0 Å². The Morgan fingerprint density at radius 1 is 0.857 bits per heavy atom. The third-order valence-electron chi connectivity index (χ3n) is 2.14. The van der Waals surface area contributed by atoms with Crippen LogP contribution in [0.2, 0.25) is 0 Å². The summed E-state index contributed by atoms with van der Waals surface area (Å²) in [5, 5.41) is 0. The van der Waals surface area contributed by atoms with Crippen LogP contribution in [-0.2, 0) is 12.8 Å². The van der Waals surface area contributed by atoms with Gasteiger partial charge in [-0.05, 0) is 12.8 Å². The number of fused-ring (bicyclic) bond motifs is 1. The molecule has 2 aromatic heterocycles. The van der Waals surface area contributed by atoms with Gasteiger partial charge in [0.25, 0.3) is 0 Å². The van der Waals surface area contributed by atoms with Crippen LogP contribution in [0.25, 0.3) is 11.3 Å². The second kappa shape index (κ2) is 3.65. The smallest absolute Gasteiger partial charge is 0.198 e. The molecule has 0 aliphatic carbocycles. The molecular formula is C10H12N4. The highest BCUT2D eigenvalue weighted by atomic mass is 15.0. The van der Waals surface area contributed by atoms with Crippen molar-refractivity contribution < 1.29 is 0 Å². The third-order valence-corrected chi connectivity index (χ3v) is 2.14. The lowest BCUT2D eigenvalue weighted by molar-refractivity contribution is 0.916. The van der Waals surface area contributed by atoms with Crippen LogP contribution in [0.15, 0.2) is 12.4 Å². The van der Waals surface area contributed by atoms with Gasteiger partial charge in [0.1, 0.15) is 0 Å². The number of rotatable bonds is 2. The first-order valence-corrected chi connectivity index (χ1v) is 4.81. The lowest BCUT2D eigenvalue weighted by atomic mass is 10.2. The van der Waals surface area contributed by atoms with Crippen molar-refractivity contribution in [2.75, 3.05) is 0 Å². The summed E-state index contributed by atoms with van der Waals surface area (Å²) in [6.07, 6.45) is 5.06. The zero-order chi connectivity index (χ0) is 9.97. The molecule has 0 spiro atoms. The zero-order valence-electron chi connectivity index (χ0n) is 8.36. The standard InChI is InChI=1S/C10H12N4/c1-3-7-8(4-2)14-10-9(13-7)11-5-6-12-10/h5-6H,3-4H2,1-2H3. The van der Waals surface area contributed by atoms with Crippen LogP contribution in [0.4, 0.5) is 0 Å². The minimum Gasteiger partial charge on any atom is -0.232 e. The first-order valence-electron chi connectivity index (χ1n) is 4.81. The van der Waals surface area contributed by atoms with Gasteiger partial charge in [-0.25, -0.2) is 19.9 Å². The fraction of sp³-hybridized carbons (Fsp3) is 0.400. The summed E-state index contributed by atoms with van der Waals surface area (Å²) in [6, 6.07) is 0. The van der Waals surface area contributed by atoms with E-state index in [0.717, 1.165) is 24.2 Å². The van der Waals surface area contributed by atoms with E-state index in [1.54, 1.807) is 12.4 Å². The Bertz CT molecular complexity index is 410. The molecule has 14 heavy (non-hydrogen) atoms. The Hall–Kier alpha value is -1.58. The van der Waals surface area contributed by atoms with Crippen LogP contribution in [0.1, 0.15) is 25.2 Å². The van der Waals surface area contributed by atoms with Crippen LogP contribution in [0.5, 0.6) is 0 Å². The largest absolute Gasteiger partial charge is 0.232 e. The predicted octanol–water partition coefficient (Wildman–Crippen LogP) is 1.54. The van der Waals surface area contributed by atoms with Crippen LogP contribution in [0, 0.1) is 0 Å². The Labute approximate surface area is 82.5 Å². The Morgan fingerprint density at radius 3 is 1.64 bits per heavy atom. The molecule has 0 saturated heterocycles. The molecular weight excluding hydrogens is 176 g/mol. The van der Waals surface area contributed by atoms with Gasteiger partial charge in [0.15, 0.2) is 11.3 Å². The minimum atomic E-state index is 0.640. The molecule has 0 atom stereocenters. The van der Waals surface area contributed by atoms with Gasteiger partial charge in [-0.15, -0.1) is 0 Å². The molecule has 0 bridgehead atoms.